The van der Waals surface area contributed by atoms with Crippen molar-refractivity contribution in [3.05, 3.63) is 58.5 Å². The molecule has 1 aromatic heterocycles. The topological polar surface area (TPSA) is 59.3 Å². The van der Waals surface area contributed by atoms with Crippen LogP contribution in [-0.4, -0.2) is 11.7 Å². The van der Waals surface area contributed by atoms with Gasteiger partial charge in [-0.25, -0.2) is 0 Å². The van der Waals surface area contributed by atoms with Gasteiger partial charge in [0.2, 0.25) is 0 Å². The maximum Gasteiger partial charge on any atom is 0.287 e. The highest BCUT2D eigenvalue weighted by Gasteiger charge is 2.41. The number of furan rings is 1. The van der Waals surface area contributed by atoms with Crippen molar-refractivity contribution in [2.24, 2.45) is 0 Å². The van der Waals surface area contributed by atoms with Gasteiger partial charge in [0.05, 0.1) is 11.1 Å². The first-order chi connectivity index (χ1) is 11.6. The summed E-state index contributed by atoms with van der Waals surface area (Å²) in [5, 5.41) is 3.18. The van der Waals surface area contributed by atoms with E-state index < -0.39 is 0 Å². The van der Waals surface area contributed by atoms with E-state index in [-0.39, 0.29) is 17.2 Å². The van der Waals surface area contributed by atoms with E-state index in [1.807, 2.05) is 25.1 Å². The lowest BCUT2D eigenvalue weighted by molar-refractivity contribution is 0.0791. The van der Waals surface area contributed by atoms with Gasteiger partial charge in [-0.3, -0.25) is 9.59 Å². The lowest BCUT2D eigenvalue weighted by Gasteiger charge is -2.43. The van der Waals surface area contributed by atoms with E-state index in [9.17, 15) is 9.59 Å². The van der Waals surface area contributed by atoms with Crippen LogP contribution < -0.4 is 5.32 Å². The van der Waals surface area contributed by atoms with E-state index in [0.29, 0.717) is 29.1 Å². The Morgan fingerprint density at radius 3 is 2.50 bits per heavy atom. The SMILES string of the molecule is Cc1c(C(=O)NC2(c3ccccc3)CCC2)oc2c1C(=O)CCC2. The Kier molecular flexibility index (Phi) is 3.56. The lowest BCUT2D eigenvalue weighted by atomic mass is 9.71. The van der Waals surface area contributed by atoms with Crippen molar-refractivity contribution in [3.8, 4) is 0 Å². The summed E-state index contributed by atoms with van der Waals surface area (Å²) in [4.78, 5) is 25.0. The molecule has 0 spiro atoms. The molecule has 0 bridgehead atoms. The van der Waals surface area contributed by atoms with Crippen LogP contribution in [0.25, 0.3) is 0 Å². The number of nitrogens with one attached hydrogen (secondary N) is 1. The molecule has 0 radical (unpaired) electrons. The highest BCUT2D eigenvalue weighted by molar-refractivity contribution is 6.03. The number of Topliss-reactive ketones (excluding diaryl/α,β-unsaturated/α-hetero) is 1. The van der Waals surface area contributed by atoms with E-state index in [1.54, 1.807) is 0 Å². The van der Waals surface area contributed by atoms with Crippen LogP contribution in [0, 0.1) is 6.92 Å². The molecule has 4 rings (SSSR count). The van der Waals surface area contributed by atoms with E-state index >= 15 is 0 Å². The number of ketones is 1. The summed E-state index contributed by atoms with van der Waals surface area (Å²) in [7, 11) is 0. The van der Waals surface area contributed by atoms with Crippen LogP contribution in [-0.2, 0) is 12.0 Å². The van der Waals surface area contributed by atoms with Crippen LogP contribution >= 0.6 is 0 Å². The van der Waals surface area contributed by atoms with Crippen LogP contribution in [0.2, 0.25) is 0 Å². The molecule has 4 nitrogen and oxygen atoms in total. The minimum atomic E-state index is -0.303. The standard InChI is InChI=1S/C20H21NO3/c1-13-17-15(22)9-5-10-16(17)24-18(13)19(23)21-20(11-6-12-20)14-7-3-2-4-8-14/h2-4,7-8H,5-6,9-12H2,1H3,(H,21,23). The highest BCUT2D eigenvalue weighted by atomic mass is 16.4. The maximum absolute atomic E-state index is 12.9. The Balaban J connectivity index is 1.64. The van der Waals surface area contributed by atoms with Crippen molar-refractivity contribution in [2.45, 2.75) is 51.0 Å². The molecule has 0 unspecified atom stereocenters. The van der Waals surface area contributed by atoms with Crippen LogP contribution in [0.5, 0.6) is 0 Å². The summed E-state index contributed by atoms with van der Waals surface area (Å²) >= 11 is 0. The van der Waals surface area contributed by atoms with Gasteiger partial charge in [-0.1, -0.05) is 30.3 Å². The van der Waals surface area contributed by atoms with Gasteiger partial charge in [0, 0.05) is 18.4 Å². The number of hydrogen-bond donors (Lipinski definition) is 1. The van der Waals surface area contributed by atoms with Crippen LogP contribution in [0.1, 0.15) is 69.9 Å². The molecule has 1 heterocycles. The molecule has 2 aliphatic rings. The molecule has 0 aliphatic heterocycles. The van der Waals surface area contributed by atoms with Gasteiger partial charge in [-0.05, 0) is 38.2 Å². The van der Waals surface area contributed by atoms with Crippen molar-refractivity contribution in [2.75, 3.05) is 0 Å². The minimum Gasteiger partial charge on any atom is -0.455 e. The van der Waals surface area contributed by atoms with Crippen molar-refractivity contribution < 1.29 is 14.0 Å². The highest BCUT2D eigenvalue weighted by Crippen LogP contribution is 2.41. The fraction of sp³-hybridized carbons (Fsp3) is 0.400. The van der Waals surface area contributed by atoms with Crippen LogP contribution in [0.4, 0.5) is 0 Å². The summed E-state index contributed by atoms with van der Waals surface area (Å²) in [5.41, 5.74) is 2.15. The number of hydrogen-bond acceptors (Lipinski definition) is 3. The molecule has 1 aromatic carbocycles. The van der Waals surface area contributed by atoms with Gasteiger partial charge < -0.3 is 9.73 Å². The average Bonchev–Trinajstić information content (AvgIpc) is 2.90. The fourth-order valence-electron chi connectivity index (χ4n) is 3.91. The fourth-order valence-corrected chi connectivity index (χ4v) is 3.91. The molecule has 1 fully saturated rings. The van der Waals surface area contributed by atoms with Gasteiger partial charge in [0.25, 0.3) is 5.91 Å². The third kappa shape index (κ3) is 2.29. The molecule has 2 aromatic rings. The molecule has 4 heteroatoms. The van der Waals surface area contributed by atoms with Gasteiger partial charge in [0.15, 0.2) is 11.5 Å². The Hall–Kier alpha value is -2.36. The Labute approximate surface area is 141 Å². The number of aryl methyl sites for hydroxylation is 1. The molecule has 0 saturated heterocycles. The Morgan fingerprint density at radius 2 is 1.88 bits per heavy atom. The minimum absolute atomic E-state index is 0.0953. The van der Waals surface area contributed by atoms with Crippen LogP contribution in [0.15, 0.2) is 34.7 Å². The normalized spacial score (nSPS) is 18.6. The molecule has 24 heavy (non-hydrogen) atoms. The van der Waals surface area contributed by atoms with Gasteiger partial charge in [-0.2, -0.15) is 0 Å². The lowest BCUT2D eigenvalue weighted by Crippen LogP contribution is -2.50. The molecular weight excluding hydrogens is 302 g/mol. The smallest absolute Gasteiger partial charge is 0.287 e. The first kappa shape index (κ1) is 15.2. The molecule has 1 amide bonds. The quantitative estimate of drug-likeness (QED) is 0.931. The summed E-state index contributed by atoms with van der Waals surface area (Å²) in [6.45, 7) is 1.82. The number of fused-ring (bicyclic) bond motifs is 1. The summed E-state index contributed by atoms with van der Waals surface area (Å²) < 4.78 is 5.79. The molecule has 1 N–H and O–H groups in total. The summed E-state index contributed by atoms with van der Waals surface area (Å²) in [6.07, 6.45) is 5.04. The van der Waals surface area contributed by atoms with E-state index in [0.717, 1.165) is 37.7 Å². The zero-order chi connectivity index (χ0) is 16.7. The predicted octanol–water partition coefficient (Wildman–Crippen LogP) is 3.92. The third-order valence-electron chi connectivity index (χ3n) is 5.40. The summed E-state index contributed by atoms with van der Waals surface area (Å²) in [6, 6.07) is 10.1. The zero-order valence-electron chi connectivity index (χ0n) is 13.9. The zero-order valence-corrected chi connectivity index (χ0v) is 13.9. The van der Waals surface area contributed by atoms with E-state index in [4.69, 9.17) is 4.42 Å². The van der Waals surface area contributed by atoms with E-state index in [1.165, 1.54) is 0 Å². The summed E-state index contributed by atoms with van der Waals surface area (Å²) in [5.74, 6) is 0.866. The Bertz CT molecular complexity index is 800. The monoisotopic (exact) mass is 323 g/mol. The number of carbonyl (C=O) groups is 2. The van der Waals surface area contributed by atoms with Crippen molar-refractivity contribution in [3.63, 3.8) is 0 Å². The van der Waals surface area contributed by atoms with E-state index in [2.05, 4.69) is 17.4 Å². The Morgan fingerprint density at radius 1 is 1.12 bits per heavy atom. The van der Waals surface area contributed by atoms with Crippen LogP contribution in [0.3, 0.4) is 0 Å². The van der Waals surface area contributed by atoms with Crippen molar-refractivity contribution in [1.29, 1.82) is 0 Å². The average molecular weight is 323 g/mol. The second kappa shape index (κ2) is 5.62. The number of rotatable bonds is 3. The number of benzene rings is 1. The predicted molar refractivity (Wildman–Crippen MR) is 90.2 cm³/mol. The maximum atomic E-state index is 12.9. The number of amides is 1. The molecule has 124 valence electrons. The molecule has 2 aliphatic carbocycles. The first-order valence-corrected chi connectivity index (χ1v) is 8.64. The second-order valence-corrected chi connectivity index (χ2v) is 6.89. The largest absolute Gasteiger partial charge is 0.455 e. The first-order valence-electron chi connectivity index (χ1n) is 8.64. The molecule has 0 atom stereocenters. The van der Waals surface area contributed by atoms with Gasteiger partial charge in [0.1, 0.15) is 5.76 Å². The number of carbonyl (C=O) groups excluding carboxylic acids is 2. The molecular formula is C20H21NO3. The van der Waals surface area contributed by atoms with Crippen molar-refractivity contribution >= 4 is 11.7 Å². The molecule has 1 saturated carbocycles. The van der Waals surface area contributed by atoms with Gasteiger partial charge >= 0.3 is 0 Å². The van der Waals surface area contributed by atoms with Crippen molar-refractivity contribution in [1.82, 2.24) is 5.32 Å². The van der Waals surface area contributed by atoms with Gasteiger partial charge in [-0.15, -0.1) is 0 Å². The second-order valence-electron chi connectivity index (χ2n) is 6.89. The third-order valence-corrected chi connectivity index (χ3v) is 5.40.